The highest BCUT2D eigenvalue weighted by molar-refractivity contribution is 5.28. The number of aliphatic hydroxyl groups excluding tert-OH is 1. The van der Waals surface area contributed by atoms with Gasteiger partial charge in [0.25, 0.3) is 0 Å². The molecule has 0 aliphatic carbocycles. The van der Waals surface area contributed by atoms with E-state index in [0.29, 0.717) is 6.04 Å². The van der Waals surface area contributed by atoms with Gasteiger partial charge in [0.2, 0.25) is 0 Å². The SMILES string of the molecule is CC(C)NCc1cccc(OC(C)C(C)O)c1. The van der Waals surface area contributed by atoms with E-state index in [1.54, 1.807) is 6.92 Å². The molecule has 2 unspecified atom stereocenters. The number of aliphatic hydroxyl groups is 1. The van der Waals surface area contributed by atoms with Crippen LogP contribution in [0.25, 0.3) is 0 Å². The van der Waals surface area contributed by atoms with Gasteiger partial charge >= 0.3 is 0 Å². The third-order valence-electron chi connectivity index (χ3n) is 2.61. The lowest BCUT2D eigenvalue weighted by molar-refractivity contribution is 0.0604. The van der Waals surface area contributed by atoms with Crippen molar-refractivity contribution in [3.05, 3.63) is 29.8 Å². The summed E-state index contributed by atoms with van der Waals surface area (Å²) in [5, 5.41) is 12.8. The maximum atomic E-state index is 9.39. The second-order valence-electron chi connectivity index (χ2n) is 4.75. The molecule has 0 aliphatic rings. The first-order valence-corrected chi connectivity index (χ1v) is 6.16. The molecule has 17 heavy (non-hydrogen) atoms. The van der Waals surface area contributed by atoms with Crippen molar-refractivity contribution in [1.82, 2.24) is 5.32 Å². The van der Waals surface area contributed by atoms with Crippen molar-refractivity contribution in [2.75, 3.05) is 0 Å². The van der Waals surface area contributed by atoms with Crippen molar-refractivity contribution < 1.29 is 9.84 Å². The minimum Gasteiger partial charge on any atom is -0.488 e. The average molecular weight is 237 g/mol. The molecule has 2 atom stereocenters. The van der Waals surface area contributed by atoms with Crippen molar-refractivity contribution in [2.45, 2.75) is 52.5 Å². The number of hydrogen-bond donors (Lipinski definition) is 2. The minimum atomic E-state index is -0.465. The molecule has 0 aromatic heterocycles. The van der Waals surface area contributed by atoms with Crippen molar-refractivity contribution in [3.8, 4) is 5.75 Å². The van der Waals surface area contributed by atoms with Crippen LogP contribution >= 0.6 is 0 Å². The molecule has 1 aromatic carbocycles. The highest BCUT2D eigenvalue weighted by atomic mass is 16.5. The summed E-state index contributed by atoms with van der Waals surface area (Å²) in [6.07, 6.45) is -0.657. The Hall–Kier alpha value is -1.06. The summed E-state index contributed by atoms with van der Waals surface area (Å²) >= 11 is 0. The topological polar surface area (TPSA) is 41.5 Å². The van der Waals surface area contributed by atoms with Crippen LogP contribution in [0.2, 0.25) is 0 Å². The molecule has 0 bridgehead atoms. The Morgan fingerprint density at radius 2 is 1.94 bits per heavy atom. The third kappa shape index (κ3) is 5.20. The zero-order valence-corrected chi connectivity index (χ0v) is 11.1. The summed E-state index contributed by atoms with van der Waals surface area (Å²) in [4.78, 5) is 0. The Morgan fingerprint density at radius 3 is 2.53 bits per heavy atom. The van der Waals surface area contributed by atoms with Crippen LogP contribution in [0.3, 0.4) is 0 Å². The molecule has 2 N–H and O–H groups in total. The number of hydrogen-bond acceptors (Lipinski definition) is 3. The standard InChI is InChI=1S/C14H23NO2/c1-10(2)15-9-13-6-5-7-14(8-13)17-12(4)11(3)16/h5-8,10-12,15-16H,9H2,1-4H3. The van der Waals surface area contributed by atoms with Crippen LogP contribution < -0.4 is 10.1 Å². The fourth-order valence-corrected chi connectivity index (χ4v) is 1.36. The van der Waals surface area contributed by atoms with Gasteiger partial charge in [0, 0.05) is 12.6 Å². The zero-order chi connectivity index (χ0) is 12.8. The quantitative estimate of drug-likeness (QED) is 0.798. The lowest BCUT2D eigenvalue weighted by atomic mass is 10.2. The molecule has 0 spiro atoms. The van der Waals surface area contributed by atoms with Crippen LogP contribution in [0.4, 0.5) is 0 Å². The normalized spacial score (nSPS) is 14.7. The summed E-state index contributed by atoms with van der Waals surface area (Å²) in [5.41, 5.74) is 1.19. The second-order valence-corrected chi connectivity index (χ2v) is 4.75. The molecule has 1 aromatic rings. The molecule has 3 nitrogen and oxygen atoms in total. The van der Waals surface area contributed by atoms with Gasteiger partial charge in [0.05, 0.1) is 6.10 Å². The van der Waals surface area contributed by atoms with Gasteiger partial charge < -0.3 is 15.2 Å². The molecule has 0 aliphatic heterocycles. The molecular formula is C14H23NO2. The maximum Gasteiger partial charge on any atom is 0.121 e. The second kappa shape index (κ2) is 6.62. The van der Waals surface area contributed by atoms with Crippen LogP contribution in [0, 0.1) is 0 Å². The molecule has 3 heteroatoms. The molecule has 1 rings (SSSR count). The van der Waals surface area contributed by atoms with Gasteiger partial charge in [-0.3, -0.25) is 0 Å². The summed E-state index contributed by atoms with van der Waals surface area (Å²) in [5.74, 6) is 0.807. The Labute approximate surface area is 104 Å². The highest BCUT2D eigenvalue weighted by Gasteiger charge is 2.10. The van der Waals surface area contributed by atoms with E-state index >= 15 is 0 Å². The molecule has 0 radical (unpaired) electrons. The first-order valence-electron chi connectivity index (χ1n) is 6.16. The molecule has 0 fully saturated rings. The highest BCUT2D eigenvalue weighted by Crippen LogP contribution is 2.16. The van der Waals surface area contributed by atoms with E-state index < -0.39 is 6.10 Å². The van der Waals surface area contributed by atoms with E-state index in [1.165, 1.54) is 5.56 Å². The Kier molecular flexibility index (Phi) is 5.45. The van der Waals surface area contributed by atoms with Gasteiger partial charge in [-0.25, -0.2) is 0 Å². The molecule has 96 valence electrons. The van der Waals surface area contributed by atoms with Gasteiger partial charge in [-0.2, -0.15) is 0 Å². The summed E-state index contributed by atoms with van der Waals surface area (Å²) in [7, 11) is 0. The molecule has 0 amide bonds. The van der Waals surface area contributed by atoms with Gasteiger partial charge in [-0.05, 0) is 31.5 Å². The first-order chi connectivity index (χ1) is 7.99. The van der Waals surface area contributed by atoms with E-state index in [2.05, 4.69) is 25.2 Å². The fourth-order valence-electron chi connectivity index (χ4n) is 1.36. The average Bonchev–Trinajstić information content (AvgIpc) is 2.26. The van der Waals surface area contributed by atoms with Crippen LogP contribution in [-0.2, 0) is 6.54 Å². The predicted molar refractivity (Wildman–Crippen MR) is 70.2 cm³/mol. The Bertz CT molecular complexity index is 337. The van der Waals surface area contributed by atoms with Crippen molar-refractivity contribution in [2.24, 2.45) is 0 Å². The van der Waals surface area contributed by atoms with E-state index in [9.17, 15) is 5.11 Å². The monoisotopic (exact) mass is 237 g/mol. The number of nitrogens with one attached hydrogen (secondary N) is 1. The van der Waals surface area contributed by atoms with Crippen LogP contribution in [0.1, 0.15) is 33.3 Å². The van der Waals surface area contributed by atoms with Crippen molar-refractivity contribution >= 4 is 0 Å². The third-order valence-corrected chi connectivity index (χ3v) is 2.61. The number of rotatable bonds is 6. The summed E-state index contributed by atoms with van der Waals surface area (Å²) in [6.45, 7) is 8.67. The van der Waals surface area contributed by atoms with E-state index in [1.807, 2.05) is 25.1 Å². The van der Waals surface area contributed by atoms with E-state index in [4.69, 9.17) is 4.74 Å². The van der Waals surface area contributed by atoms with Gasteiger partial charge in [0.15, 0.2) is 0 Å². The van der Waals surface area contributed by atoms with E-state index in [-0.39, 0.29) is 6.10 Å². The molecular weight excluding hydrogens is 214 g/mol. The van der Waals surface area contributed by atoms with Gasteiger partial charge in [-0.1, -0.05) is 26.0 Å². The molecule has 0 heterocycles. The van der Waals surface area contributed by atoms with E-state index in [0.717, 1.165) is 12.3 Å². The van der Waals surface area contributed by atoms with Crippen LogP contribution in [0.5, 0.6) is 5.75 Å². The summed E-state index contributed by atoms with van der Waals surface area (Å²) < 4.78 is 5.65. The first kappa shape index (κ1) is 14.0. The minimum absolute atomic E-state index is 0.191. The predicted octanol–water partition coefficient (Wildman–Crippen LogP) is 2.33. The smallest absolute Gasteiger partial charge is 0.121 e. The Morgan fingerprint density at radius 1 is 1.24 bits per heavy atom. The molecule has 0 saturated heterocycles. The van der Waals surface area contributed by atoms with Crippen molar-refractivity contribution in [1.29, 1.82) is 0 Å². The maximum absolute atomic E-state index is 9.39. The molecule has 0 saturated carbocycles. The zero-order valence-electron chi connectivity index (χ0n) is 11.1. The van der Waals surface area contributed by atoms with Gasteiger partial charge in [0.1, 0.15) is 11.9 Å². The lowest BCUT2D eigenvalue weighted by Gasteiger charge is -2.18. The van der Waals surface area contributed by atoms with Gasteiger partial charge in [-0.15, -0.1) is 0 Å². The fraction of sp³-hybridized carbons (Fsp3) is 0.571. The van der Waals surface area contributed by atoms with Crippen molar-refractivity contribution in [3.63, 3.8) is 0 Å². The largest absolute Gasteiger partial charge is 0.488 e. The summed E-state index contributed by atoms with van der Waals surface area (Å²) in [6, 6.07) is 8.43. The number of ether oxygens (including phenoxy) is 1. The Balaban J connectivity index is 2.59. The van der Waals surface area contributed by atoms with Crippen LogP contribution in [-0.4, -0.2) is 23.4 Å². The number of benzene rings is 1. The van der Waals surface area contributed by atoms with Crippen LogP contribution in [0.15, 0.2) is 24.3 Å². The lowest BCUT2D eigenvalue weighted by Crippen LogP contribution is -2.25.